The second-order valence-electron chi connectivity index (χ2n) is 9.29. The Bertz CT molecular complexity index is 2080. The molecule has 0 amide bonds. The van der Waals surface area contributed by atoms with Crippen LogP contribution in [0.1, 0.15) is 18.7 Å². The van der Waals surface area contributed by atoms with E-state index in [1.165, 1.54) is 0 Å². The van der Waals surface area contributed by atoms with E-state index in [4.69, 9.17) is 29.3 Å². The Hall–Kier alpha value is -5.17. The van der Waals surface area contributed by atoms with Crippen LogP contribution in [0.5, 0.6) is 0 Å². The van der Waals surface area contributed by atoms with Gasteiger partial charge in [0.25, 0.3) is 0 Å². The summed E-state index contributed by atoms with van der Waals surface area (Å²) >= 11 is 0. The summed E-state index contributed by atoms with van der Waals surface area (Å²) in [6.07, 6.45) is 8.41. The van der Waals surface area contributed by atoms with E-state index in [2.05, 4.69) is 18.2 Å². The second kappa shape index (κ2) is 8.18. The summed E-state index contributed by atoms with van der Waals surface area (Å²) in [7, 11) is 0. The Morgan fingerprint density at radius 1 is 0.658 bits per heavy atom. The first-order valence-corrected chi connectivity index (χ1v) is 12.6. The summed E-state index contributed by atoms with van der Waals surface area (Å²) in [5, 5.41) is 1.88. The Kier molecular flexibility index (Phi) is 4.51. The molecule has 0 radical (unpaired) electrons. The maximum atomic E-state index is 6.06. The van der Waals surface area contributed by atoms with Crippen LogP contribution in [0.3, 0.4) is 0 Å². The van der Waals surface area contributed by atoms with E-state index in [9.17, 15) is 0 Å². The van der Waals surface area contributed by atoms with Gasteiger partial charge in [-0.2, -0.15) is 9.97 Å². The van der Waals surface area contributed by atoms with Gasteiger partial charge in [0.15, 0.2) is 17.3 Å². The average molecular weight is 493 g/mol. The molecule has 3 aromatic carbocycles. The van der Waals surface area contributed by atoms with Crippen LogP contribution in [0.25, 0.3) is 67.2 Å². The van der Waals surface area contributed by atoms with Crippen LogP contribution in [0, 0.1) is 0 Å². The first-order valence-electron chi connectivity index (χ1n) is 12.6. The van der Waals surface area contributed by atoms with Gasteiger partial charge in [0, 0.05) is 21.9 Å². The highest BCUT2D eigenvalue weighted by atomic mass is 16.3. The summed E-state index contributed by atoms with van der Waals surface area (Å²) in [5.41, 5.74) is 6.24. The number of nitrogens with zero attached hydrogens (tertiary/aromatic N) is 6. The SMILES string of the molecule is C1=CC(c2nc(-c3ccccc3)nc(-n3c4ccccc4c4nc5oc6ccccc6c5nc43)n2)=CCC1. The van der Waals surface area contributed by atoms with Gasteiger partial charge in [0.05, 0.1) is 5.52 Å². The van der Waals surface area contributed by atoms with E-state index in [0.29, 0.717) is 34.5 Å². The molecule has 0 N–H and O–H groups in total. The summed E-state index contributed by atoms with van der Waals surface area (Å²) in [4.78, 5) is 24.9. The molecule has 180 valence electrons. The molecule has 4 heterocycles. The number of para-hydroxylation sites is 2. The van der Waals surface area contributed by atoms with Crippen LogP contribution in [0.4, 0.5) is 0 Å². The molecule has 0 aliphatic heterocycles. The lowest BCUT2D eigenvalue weighted by atomic mass is 10.1. The van der Waals surface area contributed by atoms with Crippen molar-refractivity contribution >= 4 is 49.8 Å². The molecule has 1 aliphatic carbocycles. The molecule has 0 saturated heterocycles. The highest BCUT2D eigenvalue weighted by Crippen LogP contribution is 2.34. The molecular weight excluding hydrogens is 472 g/mol. The van der Waals surface area contributed by atoms with E-state index >= 15 is 0 Å². The number of hydrogen-bond donors (Lipinski definition) is 0. The summed E-state index contributed by atoms with van der Waals surface area (Å²) in [6.45, 7) is 0. The summed E-state index contributed by atoms with van der Waals surface area (Å²) in [5.74, 6) is 1.75. The third-order valence-electron chi connectivity index (χ3n) is 6.91. The lowest BCUT2D eigenvalue weighted by Gasteiger charge is -2.11. The predicted molar refractivity (Wildman–Crippen MR) is 149 cm³/mol. The van der Waals surface area contributed by atoms with Gasteiger partial charge in [-0.15, -0.1) is 0 Å². The number of aromatic nitrogens is 6. The molecule has 7 nitrogen and oxygen atoms in total. The van der Waals surface area contributed by atoms with Crippen molar-refractivity contribution in [2.75, 3.05) is 0 Å². The van der Waals surface area contributed by atoms with Crippen LogP contribution in [-0.2, 0) is 0 Å². The first-order chi connectivity index (χ1) is 18.8. The van der Waals surface area contributed by atoms with Gasteiger partial charge < -0.3 is 4.42 Å². The molecule has 4 aromatic heterocycles. The molecule has 0 saturated carbocycles. The van der Waals surface area contributed by atoms with Crippen LogP contribution in [-0.4, -0.2) is 29.5 Å². The Labute approximate surface area is 216 Å². The maximum absolute atomic E-state index is 6.06. The molecule has 0 atom stereocenters. The van der Waals surface area contributed by atoms with Crippen molar-refractivity contribution in [3.8, 4) is 17.3 Å². The molecule has 0 fully saturated rings. The number of rotatable bonds is 3. The van der Waals surface area contributed by atoms with Crippen LogP contribution < -0.4 is 0 Å². The monoisotopic (exact) mass is 492 g/mol. The van der Waals surface area contributed by atoms with Gasteiger partial charge in [-0.25, -0.2) is 15.0 Å². The van der Waals surface area contributed by atoms with E-state index in [-0.39, 0.29) is 0 Å². The zero-order chi connectivity index (χ0) is 25.1. The topological polar surface area (TPSA) is 82.5 Å². The fourth-order valence-corrected chi connectivity index (χ4v) is 5.12. The number of allylic oxidation sites excluding steroid dienone is 4. The van der Waals surface area contributed by atoms with Crippen LogP contribution >= 0.6 is 0 Å². The lowest BCUT2D eigenvalue weighted by molar-refractivity contribution is 0.655. The number of fused-ring (bicyclic) bond motifs is 6. The standard InChI is InChI=1S/C31H20N6O/c1-3-11-19(12-4-1)27-34-28(20-13-5-2-6-14-20)36-31(35-27)37-23-17-9-7-15-21(23)25-29(37)32-26-22-16-8-10-18-24(22)38-30(26)33-25/h1,3-5,7-18H,2,6H2. The molecular formula is C31H20N6O. The lowest BCUT2D eigenvalue weighted by Crippen LogP contribution is -2.08. The number of furan rings is 1. The third-order valence-corrected chi connectivity index (χ3v) is 6.91. The highest BCUT2D eigenvalue weighted by molar-refractivity contribution is 6.10. The van der Waals surface area contributed by atoms with E-state index in [1.807, 2.05) is 83.4 Å². The van der Waals surface area contributed by atoms with Gasteiger partial charge in [0.2, 0.25) is 11.7 Å². The average Bonchev–Trinajstić information content (AvgIpc) is 3.51. The molecule has 0 unspecified atom stereocenters. The number of hydrogen-bond acceptors (Lipinski definition) is 6. The normalized spacial score (nSPS) is 13.6. The Balaban J connectivity index is 1.47. The fourth-order valence-electron chi connectivity index (χ4n) is 5.12. The third kappa shape index (κ3) is 3.18. The molecule has 0 spiro atoms. The van der Waals surface area contributed by atoms with Gasteiger partial charge in [0.1, 0.15) is 16.6 Å². The fraction of sp³-hybridized carbons (Fsp3) is 0.0645. The quantitative estimate of drug-likeness (QED) is 0.263. The van der Waals surface area contributed by atoms with Gasteiger partial charge in [-0.1, -0.05) is 78.9 Å². The largest absolute Gasteiger partial charge is 0.436 e. The molecule has 8 rings (SSSR count). The van der Waals surface area contributed by atoms with Crippen molar-refractivity contribution in [2.45, 2.75) is 12.8 Å². The summed E-state index contributed by atoms with van der Waals surface area (Å²) in [6, 6.07) is 26.0. The van der Waals surface area contributed by atoms with E-state index in [0.717, 1.165) is 51.4 Å². The first kappa shape index (κ1) is 21.0. The summed E-state index contributed by atoms with van der Waals surface area (Å²) < 4.78 is 8.05. The zero-order valence-corrected chi connectivity index (χ0v) is 20.2. The predicted octanol–water partition coefficient (Wildman–Crippen LogP) is 7.06. The van der Waals surface area contributed by atoms with Crippen molar-refractivity contribution in [1.82, 2.24) is 29.5 Å². The molecule has 7 aromatic rings. The second-order valence-corrected chi connectivity index (χ2v) is 9.29. The minimum atomic E-state index is 0.501. The van der Waals surface area contributed by atoms with Crippen molar-refractivity contribution in [2.24, 2.45) is 0 Å². The minimum Gasteiger partial charge on any atom is -0.436 e. The Morgan fingerprint density at radius 2 is 1.45 bits per heavy atom. The van der Waals surface area contributed by atoms with E-state index in [1.54, 1.807) is 0 Å². The van der Waals surface area contributed by atoms with Crippen molar-refractivity contribution < 1.29 is 4.42 Å². The van der Waals surface area contributed by atoms with Crippen LogP contribution in [0.15, 0.2) is 102 Å². The van der Waals surface area contributed by atoms with Gasteiger partial charge >= 0.3 is 0 Å². The Morgan fingerprint density at radius 3 is 2.32 bits per heavy atom. The minimum absolute atomic E-state index is 0.501. The van der Waals surface area contributed by atoms with Gasteiger partial charge in [-0.3, -0.25) is 4.57 Å². The molecule has 38 heavy (non-hydrogen) atoms. The van der Waals surface area contributed by atoms with Crippen LogP contribution in [0.2, 0.25) is 0 Å². The van der Waals surface area contributed by atoms with Crippen molar-refractivity contribution in [1.29, 1.82) is 0 Å². The maximum Gasteiger partial charge on any atom is 0.247 e. The highest BCUT2D eigenvalue weighted by Gasteiger charge is 2.22. The molecule has 7 heteroatoms. The van der Waals surface area contributed by atoms with E-state index < -0.39 is 0 Å². The number of benzene rings is 3. The molecule has 1 aliphatic rings. The van der Waals surface area contributed by atoms with Crippen molar-refractivity contribution in [3.05, 3.63) is 103 Å². The smallest absolute Gasteiger partial charge is 0.247 e. The van der Waals surface area contributed by atoms with Crippen molar-refractivity contribution in [3.63, 3.8) is 0 Å². The molecule has 0 bridgehead atoms. The van der Waals surface area contributed by atoms with Gasteiger partial charge in [-0.05, 0) is 31.0 Å². The zero-order valence-electron chi connectivity index (χ0n) is 20.2.